The van der Waals surface area contributed by atoms with Crippen LogP contribution in [0, 0.1) is 116 Å². The van der Waals surface area contributed by atoms with Crippen molar-refractivity contribution in [1.82, 2.24) is 4.98 Å². The average Bonchev–Trinajstić information content (AvgIpc) is 3.69. The maximum Gasteiger partial charge on any atom is 0.280 e. The summed E-state index contributed by atoms with van der Waals surface area (Å²) < 4.78 is 302. The van der Waals surface area contributed by atoms with Crippen molar-refractivity contribution in [2.75, 3.05) is 0 Å². The first-order chi connectivity index (χ1) is 34.1. The smallest absolute Gasteiger partial charge is 0.280 e. The van der Waals surface area contributed by atoms with Crippen LogP contribution in [-0.4, -0.2) is 11.1 Å². The first kappa shape index (κ1) is 50.5. The maximum atomic E-state index is 15.4. The minimum Gasteiger partial charge on any atom is -0.460 e. The molecule has 7 aromatic carbocycles. The molecule has 1 aliphatic carbocycles. The van der Waals surface area contributed by atoms with Crippen LogP contribution in [0.2, 0.25) is 0 Å². The summed E-state index contributed by atoms with van der Waals surface area (Å²) >= 11 is 0. The Hall–Kier alpha value is -7.92. The van der Waals surface area contributed by atoms with E-state index in [9.17, 15) is 52.7 Å². The molecule has 3 nitrogen and oxygen atoms in total. The Bertz CT molecular complexity index is 3080. The van der Waals surface area contributed by atoms with Crippen LogP contribution in [0.15, 0.2) is 97.5 Å². The monoisotopic (exact) mass is 1030 g/mol. The van der Waals surface area contributed by atoms with E-state index in [2.05, 4.69) is 82.3 Å². The van der Waals surface area contributed by atoms with Crippen molar-refractivity contribution in [2.45, 2.75) is 12.6 Å². The van der Waals surface area contributed by atoms with Crippen LogP contribution >= 0.6 is 0 Å². The van der Waals surface area contributed by atoms with Crippen LogP contribution < -0.4 is 31.2 Å². The van der Waals surface area contributed by atoms with Gasteiger partial charge in [0.25, 0.3) is 5.88 Å². The number of rotatable bonds is 8. The van der Waals surface area contributed by atoms with Crippen molar-refractivity contribution >= 4 is 28.0 Å². The van der Waals surface area contributed by atoms with Gasteiger partial charge in [0, 0.05) is 16.7 Å². The molecule has 0 saturated carbocycles. The number of nitrogens with zero attached hydrogens (tertiary/aromatic N) is 2. The Morgan fingerprint density at radius 1 is 0.375 bits per heavy atom. The molecule has 370 valence electrons. The molecule has 0 unspecified atom stereocenters. The lowest BCUT2D eigenvalue weighted by Gasteiger charge is -2.44. The van der Waals surface area contributed by atoms with Crippen LogP contribution in [0.3, 0.4) is 0 Å². The highest BCUT2D eigenvalue weighted by molar-refractivity contribution is 7.20. The third-order valence-electron chi connectivity index (χ3n) is 11.7. The molecular weight excluding hydrogens is 1010 g/mol. The number of aromatic nitrogens is 2. The highest BCUT2D eigenvalue weighted by Gasteiger charge is 2.52. The largest absolute Gasteiger partial charge is 0.460 e. The molecule has 1 aliphatic rings. The zero-order chi connectivity index (χ0) is 52.4. The topological polar surface area (TPSA) is 26.0 Å². The lowest BCUT2D eigenvalue weighted by Crippen LogP contribution is -2.81. The van der Waals surface area contributed by atoms with E-state index in [1.807, 2.05) is 18.5 Å². The molecule has 0 radical (unpaired) electrons. The second-order valence-corrected chi connectivity index (χ2v) is 15.5. The number of benzene rings is 7. The standard InChI is InChI=1S/C24BF20.C24H19N2O/c26-5-1(6(27)14(35)21(42)13(5)34)25(2-7(28)15(36)22(43)16(37)8(2)29,3-9(30)17(38)23(44)18(39)10(3)31)4-11(32)19(40)24(45)20(41)12(4)33;1-2-8-18(9-3-1)16-26-15-14-25-23(17-26)27-24-21-12-6-4-10-19(21)20-11-5-7-13-22(20)24/h;1-15,17,24H,16H2/q-1;+1. The molecule has 8 aromatic rings. The lowest BCUT2D eigenvalue weighted by molar-refractivity contribution is -0.689. The fourth-order valence-electron chi connectivity index (χ4n) is 8.60. The molecule has 0 saturated heterocycles. The normalized spacial score (nSPS) is 12.2. The fraction of sp³-hybridized carbons (Fsp3) is 0.0417. The third kappa shape index (κ3) is 7.82. The van der Waals surface area contributed by atoms with Gasteiger partial charge < -0.3 is 4.74 Å². The quantitative estimate of drug-likeness (QED) is 0.0499. The van der Waals surface area contributed by atoms with Crippen molar-refractivity contribution in [1.29, 1.82) is 0 Å². The van der Waals surface area contributed by atoms with Crippen molar-refractivity contribution in [3.8, 4) is 17.0 Å². The summed E-state index contributed by atoms with van der Waals surface area (Å²) in [4.78, 5) is 4.45. The molecule has 1 aromatic heterocycles. The van der Waals surface area contributed by atoms with Gasteiger partial charge in [0.2, 0.25) is 6.20 Å². The Morgan fingerprint density at radius 2 is 0.667 bits per heavy atom. The van der Waals surface area contributed by atoms with E-state index in [1.54, 1.807) is 6.20 Å². The minimum absolute atomic E-state index is 0.127. The van der Waals surface area contributed by atoms with E-state index in [0.29, 0.717) is 5.88 Å². The Morgan fingerprint density at radius 3 is 1.00 bits per heavy atom. The Kier molecular flexibility index (Phi) is 13.3. The summed E-state index contributed by atoms with van der Waals surface area (Å²) in [5.41, 5.74) is -8.21. The number of hydrogen-bond acceptors (Lipinski definition) is 2. The van der Waals surface area contributed by atoms with Gasteiger partial charge in [-0.25, -0.2) is 92.8 Å². The van der Waals surface area contributed by atoms with Crippen molar-refractivity contribution in [2.24, 2.45) is 0 Å². The summed E-state index contributed by atoms with van der Waals surface area (Å²) in [5.74, 6) is -70.8. The second kappa shape index (κ2) is 19.0. The molecule has 0 atom stereocenters. The van der Waals surface area contributed by atoms with Gasteiger partial charge in [-0.3, -0.25) is 0 Å². The molecule has 0 aliphatic heterocycles. The molecule has 24 heteroatoms. The van der Waals surface area contributed by atoms with E-state index < -0.39 is 144 Å². The molecule has 1 heterocycles. The van der Waals surface area contributed by atoms with Gasteiger partial charge in [-0.1, -0.05) is 78.9 Å². The average molecular weight is 1030 g/mol. The van der Waals surface area contributed by atoms with Gasteiger partial charge in [0.15, 0.2) is 88.7 Å². The first-order valence-corrected chi connectivity index (χ1v) is 20.1. The second-order valence-electron chi connectivity index (χ2n) is 15.5. The van der Waals surface area contributed by atoms with Gasteiger partial charge in [-0.15, -0.1) is 21.9 Å². The van der Waals surface area contributed by atoms with Crippen LogP contribution in [0.4, 0.5) is 87.8 Å². The minimum atomic E-state index is -7.22. The highest BCUT2D eigenvalue weighted by atomic mass is 19.2. The predicted octanol–water partition coefficient (Wildman–Crippen LogP) is 10.4. The number of halogens is 20. The van der Waals surface area contributed by atoms with Gasteiger partial charge in [-0.2, -0.15) is 4.57 Å². The fourth-order valence-corrected chi connectivity index (χ4v) is 8.60. The zero-order valence-corrected chi connectivity index (χ0v) is 35.0. The van der Waals surface area contributed by atoms with Crippen LogP contribution in [0.1, 0.15) is 22.8 Å². The maximum absolute atomic E-state index is 15.4. The van der Waals surface area contributed by atoms with Crippen LogP contribution in [0.25, 0.3) is 11.1 Å². The first-order valence-electron chi connectivity index (χ1n) is 20.1. The molecular formula is C48H19BF20N2O. The summed E-state index contributed by atoms with van der Waals surface area (Å²) in [6.45, 7) is 0.789. The summed E-state index contributed by atoms with van der Waals surface area (Å²) in [7, 11) is 0. The molecule has 0 spiro atoms. The molecule has 9 rings (SSSR count). The molecule has 0 amide bonds. The summed E-state index contributed by atoms with van der Waals surface area (Å²) in [6.07, 6.45) is -1.61. The summed E-state index contributed by atoms with van der Waals surface area (Å²) in [5, 5.41) is 0. The summed E-state index contributed by atoms with van der Waals surface area (Å²) in [6, 6.07) is 27.3. The highest BCUT2D eigenvalue weighted by Crippen LogP contribution is 2.45. The molecule has 72 heavy (non-hydrogen) atoms. The van der Waals surface area contributed by atoms with Crippen molar-refractivity contribution < 1.29 is 97.1 Å². The lowest BCUT2D eigenvalue weighted by atomic mass is 9.12. The molecule has 0 fully saturated rings. The van der Waals surface area contributed by atoms with E-state index in [-0.39, 0.29) is 6.10 Å². The van der Waals surface area contributed by atoms with Crippen molar-refractivity contribution in [3.63, 3.8) is 0 Å². The van der Waals surface area contributed by atoms with E-state index >= 15 is 35.1 Å². The number of hydrogen-bond donors (Lipinski definition) is 0. The van der Waals surface area contributed by atoms with Crippen molar-refractivity contribution in [3.05, 3.63) is 230 Å². The Labute approximate surface area is 389 Å². The predicted molar refractivity (Wildman–Crippen MR) is 214 cm³/mol. The third-order valence-corrected chi connectivity index (χ3v) is 11.7. The van der Waals surface area contributed by atoms with Gasteiger partial charge in [-0.05, 0) is 11.1 Å². The van der Waals surface area contributed by atoms with Gasteiger partial charge in [0.1, 0.15) is 52.7 Å². The van der Waals surface area contributed by atoms with E-state index in [4.69, 9.17) is 4.74 Å². The van der Waals surface area contributed by atoms with E-state index in [0.717, 1.165) is 6.54 Å². The van der Waals surface area contributed by atoms with E-state index in [1.165, 1.54) is 27.8 Å². The van der Waals surface area contributed by atoms with Gasteiger partial charge in [0.05, 0.1) is 6.20 Å². The van der Waals surface area contributed by atoms with Crippen LogP contribution in [0.5, 0.6) is 5.88 Å². The number of fused-ring (bicyclic) bond motifs is 3. The Balaban J connectivity index is 0.000000217. The SMILES string of the molecule is Fc1c(F)c(F)c([B-](c2c(F)c(F)c(F)c(F)c2F)(c2c(F)c(F)c(F)c(F)c2F)c2c(F)c(F)c(F)c(F)c2F)c(F)c1F.c1ccc(C[n+]2ccnc(OC3c4ccccc4-c4ccccc43)c2)cc1. The molecule has 0 bridgehead atoms. The van der Waals surface area contributed by atoms with Gasteiger partial charge >= 0.3 is 0 Å². The molecule has 0 N–H and O–H groups in total. The number of ether oxygens (including phenoxy) is 1. The van der Waals surface area contributed by atoms with Crippen LogP contribution in [-0.2, 0) is 6.54 Å². The zero-order valence-electron chi connectivity index (χ0n) is 35.0.